The minimum Gasteiger partial charge on any atom is -0.454 e. The maximum atomic E-state index is 12.2. The minimum atomic E-state index is -0.900. The van der Waals surface area contributed by atoms with Crippen LogP contribution in [0.3, 0.4) is 0 Å². The van der Waals surface area contributed by atoms with E-state index in [-0.39, 0.29) is 18.9 Å². The molecule has 28 heavy (non-hydrogen) atoms. The molecule has 2 aromatic rings. The predicted molar refractivity (Wildman–Crippen MR) is 95.1 cm³/mol. The van der Waals surface area contributed by atoms with Crippen molar-refractivity contribution in [3.63, 3.8) is 0 Å². The van der Waals surface area contributed by atoms with Gasteiger partial charge in [0.15, 0.2) is 11.5 Å². The smallest absolute Gasteiger partial charge is 0.331 e. The van der Waals surface area contributed by atoms with Crippen LogP contribution in [0.25, 0.3) is 0 Å². The van der Waals surface area contributed by atoms with Crippen LogP contribution in [0.2, 0.25) is 0 Å². The quantitative estimate of drug-likeness (QED) is 0.752. The van der Waals surface area contributed by atoms with Gasteiger partial charge >= 0.3 is 11.7 Å². The second kappa shape index (κ2) is 7.67. The van der Waals surface area contributed by atoms with Gasteiger partial charge in [0, 0.05) is 24.5 Å². The molecule has 1 aromatic heterocycles. The van der Waals surface area contributed by atoms with Crippen LogP contribution in [0, 0.1) is 11.3 Å². The van der Waals surface area contributed by atoms with Gasteiger partial charge in [-0.05, 0) is 19.1 Å². The molecule has 2 heterocycles. The number of carbonyl (C=O) groups excluding carboxylic acids is 2. The van der Waals surface area contributed by atoms with Gasteiger partial charge in [-0.25, -0.2) is 14.2 Å². The van der Waals surface area contributed by atoms with Gasteiger partial charge in [-0.2, -0.15) is 5.26 Å². The first-order valence-electron chi connectivity index (χ1n) is 8.17. The fraction of sp³-hybridized carbons (Fsp3) is 0.235. The molecule has 0 unspecified atom stereocenters. The van der Waals surface area contributed by atoms with Crippen molar-refractivity contribution >= 4 is 17.6 Å². The van der Waals surface area contributed by atoms with Crippen molar-refractivity contribution in [3.05, 3.63) is 50.8 Å². The third-order valence-corrected chi connectivity index (χ3v) is 3.88. The van der Waals surface area contributed by atoms with E-state index in [0.29, 0.717) is 21.8 Å². The summed E-state index contributed by atoms with van der Waals surface area (Å²) in [6.45, 7) is 1.23. The number of hydrogen-bond donors (Lipinski definition) is 2. The average molecular weight is 385 g/mol. The molecule has 1 aromatic carbocycles. The number of ether oxygens (including phenoxy) is 2. The third-order valence-electron chi connectivity index (χ3n) is 3.88. The molecular weight excluding hydrogens is 370 g/mol. The molecule has 0 saturated carbocycles. The number of nitrogens with zero attached hydrogens (tertiary/aromatic N) is 3. The van der Waals surface area contributed by atoms with Crippen LogP contribution < -0.4 is 31.4 Å². The summed E-state index contributed by atoms with van der Waals surface area (Å²) in [6, 6.07) is 5.49. The Morgan fingerprint density at radius 1 is 1.25 bits per heavy atom. The molecule has 3 amide bonds. The van der Waals surface area contributed by atoms with Crippen molar-refractivity contribution < 1.29 is 19.1 Å². The van der Waals surface area contributed by atoms with Crippen LogP contribution in [0.1, 0.15) is 12.5 Å². The zero-order chi connectivity index (χ0) is 20.3. The molecular formula is C17H15N5O6. The van der Waals surface area contributed by atoms with Crippen molar-refractivity contribution in [2.75, 3.05) is 12.1 Å². The SMILES string of the molecule is CCn1cc(C#N)c(=O)n(CC(=O)NC(=O)Nc2ccc3c(c2)OCO3)c1=O. The molecule has 3 rings (SSSR count). The highest BCUT2D eigenvalue weighted by molar-refractivity contribution is 6.01. The Balaban J connectivity index is 1.71. The maximum absolute atomic E-state index is 12.2. The van der Waals surface area contributed by atoms with Crippen LogP contribution >= 0.6 is 0 Å². The Labute approximate surface area is 157 Å². The first-order valence-corrected chi connectivity index (χ1v) is 8.17. The van der Waals surface area contributed by atoms with E-state index in [0.717, 1.165) is 10.8 Å². The Morgan fingerprint density at radius 2 is 2.00 bits per heavy atom. The zero-order valence-electron chi connectivity index (χ0n) is 14.7. The number of amides is 3. The largest absolute Gasteiger partial charge is 0.454 e. The van der Waals surface area contributed by atoms with E-state index in [1.54, 1.807) is 25.1 Å². The zero-order valence-corrected chi connectivity index (χ0v) is 14.7. The Bertz CT molecular complexity index is 1110. The summed E-state index contributed by atoms with van der Waals surface area (Å²) in [5.74, 6) is 0.0882. The number of rotatable bonds is 4. The number of fused-ring (bicyclic) bond motifs is 1. The highest BCUT2D eigenvalue weighted by atomic mass is 16.7. The molecule has 0 aliphatic carbocycles. The molecule has 11 nitrogen and oxygen atoms in total. The molecule has 0 fully saturated rings. The van der Waals surface area contributed by atoms with E-state index in [4.69, 9.17) is 14.7 Å². The second-order valence-electron chi connectivity index (χ2n) is 5.68. The number of hydrogen-bond acceptors (Lipinski definition) is 7. The molecule has 0 spiro atoms. The fourth-order valence-electron chi connectivity index (χ4n) is 2.54. The summed E-state index contributed by atoms with van der Waals surface area (Å²) in [7, 11) is 0. The molecule has 0 saturated heterocycles. The summed E-state index contributed by atoms with van der Waals surface area (Å²) in [6.07, 6.45) is 1.13. The lowest BCUT2D eigenvalue weighted by molar-refractivity contribution is -0.120. The molecule has 0 radical (unpaired) electrons. The minimum absolute atomic E-state index is 0.0786. The lowest BCUT2D eigenvalue weighted by atomic mass is 10.3. The monoisotopic (exact) mass is 385 g/mol. The van der Waals surface area contributed by atoms with E-state index in [9.17, 15) is 19.2 Å². The summed E-state index contributed by atoms with van der Waals surface area (Å²) in [5.41, 5.74) is -1.58. The van der Waals surface area contributed by atoms with Crippen LogP contribution in [0.4, 0.5) is 10.5 Å². The number of aryl methyl sites for hydroxylation is 1. The average Bonchev–Trinajstić information content (AvgIpc) is 3.13. The molecule has 1 aliphatic heterocycles. The van der Waals surface area contributed by atoms with Crippen molar-refractivity contribution in [1.82, 2.24) is 14.5 Å². The number of aromatic nitrogens is 2. The van der Waals surface area contributed by atoms with Crippen molar-refractivity contribution in [1.29, 1.82) is 5.26 Å². The number of anilines is 1. The third kappa shape index (κ3) is 3.70. The number of carbonyl (C=O) groups is 2. The van der Waals surface area contributed by atoms with Crippen molar-refractivity contribution in [2.24, 2.45) is 0 Å². The fourth-order valence-corrected chi connectivity index (χ4v) is 2.54. The van der Waals surface area contributed by atoms with Crippen molar-refractivity contribution in [3.8, 4) is 17.6 Å². The van der Waals surface area contributed by atoms with Gasteiger partial charge in [-0.1, -0.05) is 0 Å². The number of nitrogens with one attached hydrogen (secondary N) is 2. The van der Waals surface area contributed by atoms with E-state index in [1.807, 2.05) is 5.32 Å². The van der Waals surface area contributed by atoms with E-state index in [2.05, 4.69) is 5.32 Å². The Morgan fingerprint density at radius 3 is 2.71 bits per heavy atom. The van der Waals surface area contributed by atoms with Gasteiger partial charge in [0.25, 0.3) is 5.56 Å². The van der Waals surface area contributed by atoms with Crippen LogP contribution in [0.15, 0.2) is 34.0 Å². The van der Waals surface area contributed by atoms with E-state index < -0.39 is 29.7 Å². The molecule has 0 atom stereocenters. The van der Waals surface area contributed by atoms with Gasteiger partial charge in [0.05, 0.1) is 0 Å². The van der Waals surface area contributed by atoms with Gasteiger partial charge in [-0.3, -0.25) is 19.5 Å². The Kier molecular flexibility index (Phi) is 5.12. The van der Waals surface area contributed by atoms with Gasteiger partial charge in [-0.15, -0.1) is 0 Å². The summed E-state index contributed by atoms with van der Waals surface area (Å²) in [4.78, 5) is 48.4. The first-order chi connectivity index (χ1) is 13.4. The summed E-state index contributed by atoms with van der Waals surface area (Å²) in [5, 5.41) is 13.5. The van der Waals surface area contributed by atoms with E-state index in [1.165, 1.54) is 6.07 Å². The van der Waals surface area contributed by atoms with Crippen LogP contribution in [-0.4, -0.2) is 27.9 Å². The van der Waals surface area contributed by atoms with Gasteiger partial charge < -0.3 is 14.8 Å². The number of nitriles is 1. The van der Waals surface area contributed by atoms with Crippen LogP contribution in [-0.2, 0) is 17.9 Å². The summed E-state index contributed by atoms with van der Waals surface area (Å²) >= 11 is 0. The summed E-state index contributed by atoms with van der Waals surface area (Å²) < 4.78 is 12.1. The molecule has 0 bridgehead atoms. The number of benzene rings is 1. The van der Waals surface area contributed by atoms with E-state index >= 15 is 0 Å². The maximum Gasteiger partial charge on any atom is 0.331 e. The lowest BCUT2D eigenvalue weighted by Crippen LogP contribution is -2.46. The Hall–Kier alpha value is -4.07. The standard InChI is InChI=1S/C17H15N5O6/c1-2-21-7-10(6-18)15(24)22(17(21)26)8-14(23)20-16(25)19-11-3-4-12-13(5-11)28-9-27-12/h3-5,7H,2,8-9H2,1H3,(H2,19,20,23,25). The van der Waals surface area contributed by atoms with Gasteiger partial charge in [0.1, 0.15) is 18.2 Å². The number of imide groups is 1. The predicted octanol–water partition coefficient (Wildman–Crippen LogP) is -0.0214. The molecule has 11 heteroatoms. The second-order valence-corrected chi connectivity index (χ2v) is 5.68. The number of urea groups is 1. The van der Waals surface area contributed by atoms with Crippen LogP contribution in [0.5, 0.6) is 11.5 Å². The normalized spacial score (nSPS) is 11.6. The highest BCUT2D eigenvalue weighted by Crippen LogP contribution is 2.34. The topological polar surface area (TPSA) is 144 Å². The highest BCUT2D eigenvalue weighted by Gasteiger charge is 2.17. The molecule has 144 valence electrons. The van der Waals surface area contributed by atoms with Crippen molar-refractivity contribution in [2.45, 2.75) is 20.0 Å². The molecule has 2 N–H and O–H groups in total. The van der Waals surface area contributed by atoms with Gasteiger partial charge in [0.2, 0.25) is 12.7 Å². The molecule has 1 aliphatic rings. The first kappa shape index (κ1) is 18.7. The lowest BCUT2D eigenvalue weighted by Gasteiger charge is -2.10.